The van der Waals surface area contributed by atoms with Crippen LogP contribution in [0, 0.1) is 5.41 Å². The van der Waals surface area contributed by atoms with Crippen LogP contribution < -0.4 is 5.56 Å². The molecule has 0 N–H and O–H groups in total. The first kappa shape index (κ1) is 17.8. The summed E-state index contributed by atoms with van der Waals surface area (Å²) < 4.78 is 6.88. The van der Waals surface area contributed by atoms with Gasteiger partial charge in [0, 0.05) is 25.4 Å². The summed E-state index contributed by atoms with van der Waals surface area (Å²) in [6.07, 6.45) is 8.62. The maximum atomic E-state index is 12.5. The molecule has 2 fully saturated rings. The SMILES string of the molecule is O=C(OCn1ccc(-c2ccccc2)cc1=O)N1CCCC2(CCCC2)C1. The molecule has 5 nitrogen and oxygen atoms in total. The molecule has 1 aromatic heterocycles. The lowest BCUT2D eigenvalue weighted by Crippen LogP contribution is -2.45. The highest BCUT2D eigenvalue weighted by atomic mass is 16.6. The van der Waals surface area contributed by atoms with E-state index in [4.69, 9.17) is 4.74 Å². The van der Waals surface area contributed by atoms with Crippen molar-refractivity contribution >= 4 is 6.09 Å². The molecule has 2 aromatic rings. The Labute approximate surface area is 159 Å². The van der Waals surface area contributed by atoms with Gasteiger partial charge in [0.05, 0.1) is 0 Å². The van der Waals surface area contributed by atoms with E-state index >= 15 is 0 Å². The predicted molar refractivity (Wildman–Crippen MR) is 104 cm³/mol. The fourth-order valence-electron chi connectivity index (χ4n) is 4.54. The van der Waals surface area contributed by atoms with E-state index in [0.29, 0.717) is 5.41 Å². The smallest absolute Gasteiger partial charge is 0.411 e. The third-order valence-corrected chi connectivity index (χ3v) is 6.01. The molecule has 5 heteroatoms. The molecule has 142 valence electrons. The highest BCUT2D eigenvalue weighted by molar-refractivity contribution is 5.67. The monoisotopic (exact) mass is 366 g/mol. The van der Waals surface area contributed by atoms with Crippen molar-refractivity contribution in [2.45, 2.75) is 45.3 Å². The lowest BCUT2D eigenvalue weighted by atomic mass is 9.78. The van der Waals surface area contributed by atoms with Crippen molar-refractivity contribution in [3.05, 3.63) is 59.0 Å². The van der Waals surface area contributed by atoms with Gasteiger partial charge in [0.1, 0.15) is 0 Å². The molecule has 0 radical (unpaired) electrons. The van der Waals surface area contributed by atoms with Crippen molar-refractivity contribution in [3.8, 4) is 11.1 Å². The molecular formula is C22H26N2O3. The van der Waals surface area contributed by atoms with Gasteiger partial charge in [-0.2, -0.15) is 0 Å². The molecule has 1 saturated carbocycles. The number of hydrogen-bond acceptors (Lipinski definition) is 3. The van der Waals surface area contributed by atoms with Crippen molar-refractivity contribution in [1.82, 2.24) is 9.47 Å². The number of hydrogen-bond donors (Lipinski definition) is 0. The fraction of sp³-hybridized carbons (Fsp3) is 0.455. The van der Waals surface area contributed by atoms with Crippen molar-refractivity contribution in [2.24, 2.45) is 5.41 Å². The quantitative estimate of drug-likeness (QED) is 0.815. The van der Waals surface area contributed by atoms with Gasteiger partial charge >= 0.3 is 6.09 Å². The zero-order valence-electron chi connectivity index (χ0n) is 15.6. The van der Waals surface area contributed by atoms with Crippen LogP contribution in [0.1, 0.15) is 38.5 Å². The first-order chi connectivity index (χ1) is 13.2. The standard InChI is InChI=1S/C22H26N2O3/c25-20-15-19(18-7-2-1-3-8-18)9-14-24(20)17-27-21(26)23-13-6-12-22(16-23)10-4-5-11-22/h1-3,7-9,14-15H,4-6,10-13,16-17H2. The van der Waals surface area contributed by atoms with Gasteiger partial charge in [-0.25, -0.2) is 4.79 Å². The van der Waals surface area contributed by atoms with Crippen LogP contribution in [0.3, 0.4) is 0 Å². The molecule has 1 aliphatic carbocycles. The van der Waals surface area contributed by atoms with Gasteiger partial charge in [0.25, 0.3) is 5.56 Å². The van der Waals surface area contributed by atoms with Gasteiger partial charge in [-0.05, 0) is 48.3 Å². The Bertz CT molecular complexity index is 853. The number of pyridine rings is 1. The van der Waals surface area contributed by atoms with Crippen LogP contribution >= 0.6 is 0 Å². The summed E-state index contributed by atoms with van der Waals surface area (Å²) in [7, 11) is 0. The molecule has 1 aromatic carbocycles. The van der Waals surface area contributed by atoms with Gasteiger partial charge < -0.3 is 9.64 Å². The minimum atomic E-state index is -0.306. The first-order valence-electron chi connectivity index (χ1n) is 9.83. The molecule has 1 spiro atoms. The highest BCUT2D eigenvalue weighted by Gasteiger charge is 2.39. The van der Waals surface area contributed by atoms with Crippen LogP contribution in [0.2, 0.25) is 0 Å². The van der Waals surface area contributed by atoms with Gasteiger partial charge in [-0.1, -0.05) is 43.2 Å². The summed E-state index contributed by atoms with van der Waals surface area (Å²) in [6.45, 7) is 1.51. The Morgan fingerprint density at radius 3 is 2.48 bits per heavy atom. The number of benzene rings is 1. The Kier molecular flexibility index (Phi) is 5.01. The van der Waals surface area contributed by atoms with Crippen LogP contribution in [0.15, 0.2) is 53.5 Å². The molecule has 4 rings (SSSR count). The second-order valence-corrected chi connectivity index (χ2v) is 7.86. The van der Waals surface area contributed by atoms with Crippen LogP contribution in [0.5, 0.6) is 0 Å². The third kappa shape index (κ3) is 3.92. The Hall–Kier alpha value is -2.56. The fourth-order valence-corrected chi connectivity index (χ4v) is 4.54. The first-order valence-corrected chi connectivity index (χ1v) is 9.83. The number of likely N-dealkylation sites (tertiary alicyclic amines) is 1. The van der Waals surface area contributed by atoms with Crippen LogP contribution in [0.25, 0.3) is 11.1 Å². The van der Waals surface area contributed by atoms with Crippen molar-refractivity contribution in [2.75, 3.05) is 13.1 Å². The van der Waals surface area contributed by atoms with E-state index in [9.17, 15) is 9.59 Å². The molecule has 1 saturated heterocycles. The predicted octanol–water partition coefficient (Wildman–Crippen LogP) is 4.27. The number of ether oxygens (including phenoxy) is 1. The number of carbonyl (C=O) groups is 1. The zero-order chi connectivity index (χ0) is 18.7. The van der Waals surface area contributed by atoms with Crippen LogP contribution in [0.4, 0.5) is 4.79 Å². The normalized spacial score (nSPS) is 18.6. The zero-order valence-corrected chi connectivity index (χ0v) is 15.6. The molecule has 2 aliphatic rings. The second kappa shape index (κ2) is 7.59. The number of piperidine rings is 1. The van der Waals surface area contributed by atoms with E-state index in [-0.39, 0.29) is 18.4 Å². The maximum absolute atomic E-state index is 12.5. The minimum absolute atomic E-state index is 0.0454. The van der Waals surface area contributed by atoms with Gasteiger partial charge in [-0.3, -0.25) is 9.36 Å². The second-order valence-electron chi connectivity index (χ2n) is 7.86. The largest absolute Gasteiger partial charge is 0.428 e. The molecule has 27 heavy (non-hydrogen) atoms. The van der Waals surface area contributed by atoms with E-state index in [2.05, 4.69) is 0 Å². The molecule has 0 unspecified atom stereocenters. The van der Waals surface area contributed by atoms with Crippen molar-refractivity contribution in [3.63, 3.8) is 0 Å². The topological polar surface area (TPSA) is 51.5 Å². The number of rotatable bonds is 3. The van der Waals surface area contributed by atoms with Gasteiger partial charge in [0.15, 0.2) is 6.73 Å². The molecular weight excluding hydrogens is 340 g/mol. The van der Waals surface area contributed by atoms with Crippen LogP contribution in [-0.4, -0.2) is 28.6 Å². The number of carbonyl (C=O) groups excluding carboxylic acids is 1. The molecule has 2 heterocycles. The van der Waals surface area contributed by atoms with E-state index < -0.39 is 0 Å². The molecule has 0 bridgehead atoms. The Morgan fingerprint density at radius 1 is 1.00 bits per heavy atom. The van der Waals surface area contributed by atoms with E-state index in [1.54, 1.807) is 12.3 Å². The average Bonchev–Trinajstić information content (AvgIpc) is 3.15. The number of amides is 1. The third-order valence-electron chi connectivity index (χ3n) is 6.01. The summed E-state index contributed by atoms with van der Waals surface area (Å²) in [4.78, 5) is 26.7. The number of aromatic nitrogens is 1. The van der Waals surface area contributed by atoms with Crippen LogP contribution in [-0.2, 0) is 11.5 Å². The lowest BCUT2D eigenvalue weighted by Gasteiger charge is -2.39. The lowest BCUT2D eigenvalue weighted by molar-refractivity contribution is 0.0402. The minimum Gasteiger partial charge on any atom is -0.428 e. The Morgan fingerprint density at radius 2 is 1.74 bits per heavy atom. The summed E-state index contributed by atoms with van der Waals surface area (Å²) in [5.41, 5.74) is 2.00. The van der Waals surface area contributed by atoms with Gasteiger partial charge in [0.2, 0.25) is 0 Å². The average molecular weight is 366 g/mol. The summed E-state index contributed by atoms with van der Waals surface area (Å²) >= 11 is 0. The van der Waals surface area contributed by atoms with Crippen molar-refractivity contribution < 1.29 is 9.53 Å². The summed E-state index contributed by atoms with van der Waals surface area (Å²) in [5, 5.41) is 0. The molecule has 1 aliphatic heterocycles. The van der Waals surface area contributed by atoms with Gasteiger partial charge in [-0.15, -0.1) is 0 Å². The highest BCUT2D eigenvalue weighted by Crippen LogP contribution is 2.44. The maximum Gasteiger partial charge on any atom is 0.411 e. The molecule has 1 amide bonds. The molecule has 0 atom stereocenters. The summed E-state index contributed by atoms with van der Waals surface area (Å²) in [5.74, 6) is 0. The van der Waals surface area contributed by atoms with E-state index in [0.717, 1.165) is 30.6 Å². The van der Waals surface area contributed by atoms with E-state index in [1.807, 2.05) is 41.3 Å². The van der Waals surface area contributed by atoms with E-state index in [1.165, 1.54) is 36.7 Å². The number of nitrogens with zero attached hydrogens (tertiary/aromatic N) is 2. The Balaban J connectivity index is 1.38. The van der Waals surface area contributed by atoms with Crippen molar-refractivity contribution in [1.29, 1.82) is 0 Å². The summed E-state index contributed by atoms with van der Waals surface area (Å²) in [6, 6.07) is 13.2.